The zero-order valence-electron chi connectivity index (χ0n) is 10.3. The van der Waals surface area contributed by atoms with E-state index in [1.807, 2.05) is 0 Å². The van der Waals surface area contributed by atoms with Crippen LogP contribution in [0.1, 0.15) is 37.8 Å². The third kappa shape index (κ3) is 4.87. The Labute approximate surface area is 93.5 Å². The Morgan fingerprint density at radius 3 is 2.20 bits per heavy atom. The number of hydrogen-bond donors (Lipinski definition) is 0. The van der Waals surface area contributed by atoms with E-state index in [4.69, 9.17) is 4.74 Å². The highest BCUT2D eigenvalue weighted by Crippen LogP contribution is 2.16. The fraction of sp³-hybridized carbons (Fsp3) is 0.571. The van der Waals surface area contributed by atoms with Crippen molar-refractivity contribution in [2.75, 3.05) is 6.61 Å². The monoisotopic (exact) mass is 206 g/mol. The van der Waals surface area contributed by atoms with E-state index >= 15 is 0 Å². The highest BCUT2D eigenvalue weighted by atomic mass is 16.5. The van der Waals surface area contributed by atoms with E-state index in [0.717, 1.165) is 24.7 Å². The first-order chi connectivity index (χ1) is 7.08. The third-order valence-electron chi connectivity index (χ3n) is 2.39. The lowest BCUT2D eigenvalue weighted by Crippen LogP contribution is -2.00. The van der Waals surface area contributed by atoms with Crippen molar-refractivity contribution >= 4 is 0 Å². The second-order valence-electron chi connectivity index (χ2n) is 4.71. The molecule has 1 rings (SSSR count). The molecule has 1 aromatic rings. The summed E-state index contributed by atoms with van der Waals surface area (Å²) >= 11 is 0. The van der Waals surface area contributed by atoms with Crippen LogP contribution in [-0.2, 0) is 0 Å². The van der Waals surface area contributed by atoms with Gasteiger partial charge in [-0.15, -0.1) is 0 Å². The summed E-state index contributed by atoms with van der Waals surface area (Å²) in [7, 11) is 0. The SMILES string of the molecule is Cc1cc(C)cc(OCCCC(C)C)c1. The van der Waals surface area contributed by atoms with Crippen LogP contribution in [0.25, 0.3) is 0 Å². The van der Waals surface area contributed by atoms with Gasteiger partial charge >= 0.3 is 0 Å². The second-order valence-corrected chi connectivity index (χ2v) is 4.71. The maximum atomic E-state index is 5.72. The first-order valence-corrected chi connectivity index (χ1v) is 5.79. The Bertz CT molecular complexity index is 282. The molecule has 0 heterocycles. The quantitative estimate of drug-likeness (QED) is 0.658. The van der Waals surface area contributed by atoms with E-state index < -0.39 is 0 Å². The molecule has 0 spiro atoms. The molecular weight excluding hydrogens is 184 g/mol. The molecular formula is C14H22O. The molecule has 0 saturated heterocycles. The largest absolute Gasteiger partial charge is 0.494 e. The molecule has 0 aliphatic carbocycles. The summed E-state index contributed by atoms with van der Waals surface area (Å²) < 4.78 is 5.72. The normalized spacial score (nSPS) is 10.7. The van der Waals surface area contributed by atoms with Crippen LogP contribution in [0.2, 0.25) is 0 Å². The Hall–Kier alpha value is -0.980. The van der Waals surface area contributed by atoms with Crippen LogP contribution >= 0.6 is 0 Å². The van der Waals surface area contributed by atoms with Crippen LogP contribution in [0.4, 0.5) is 0 Å². The predicted octanol–water partition coefficient (Wildman–Crippen LogP) is 4.12. The van der Waals surface area contributed by atoms with Gasteiger partial charge in [0.2, 0.25) is 0 Å². The average Bonchev–Trinajstić information content (AvgIpc) is 2.10. The van der Waals surface area contributed by atoms with Gasteiger partial charge in [-0.1, -0.05) is 19.9 Å². The molecule has 0 aliphatic rings. The Kier molecular flexibility index (Phi) is 4.67. The van der Waals surface area contributed by atoms with Crippen LogP contribution in [0.15, 0.2) is 18.2 Å². The minimum Gasteiger partial charge on any atom is -0.494 e. The summed E-state index contributed by atoms with van der Waals surface area (Å²) in [5, 5.41) is 0. The molecule has 0 saturated carbocycles. The lowest BCUT2D eigenvalue weighted by atomic mass is 10.1. The molecule has 0 N–H and O–H groups in total. The van der Waals surface area contributed by atoms with Gasteiger partial charge < -0.3 is 4.74 Å². The van der Waals surface area contributed by atoms with E-state index in [1.165, 1.54) is 17.5 Å². The highest BCUT2D eigenvalue weighted by Gasteiger charge is 1.98. The molecule has 15 heavy (non-hydrogen) atoms. The Balaban J connectivity index is 2.37. The summed E-state index contributed by atoms with van der Waals surface area (Å²) in [4.78, 5) is 0. The fourth-order valence-corrected chi connectivity index (χ4v) is 1.70. The molecule has 0 amide bonds. The van der Waals surface area contributed by atoms with Gasteiger partial charge in [0.05, 0.1) is 6.61 Å². The zero-order valence-corrected chi connectivity index (χ0v) is 10.3. The first kappa shape index (κ1) is 12.1. The van der Waals surface area contributed by atoms with Crippen molar-refractivity contribution < 1.29 is 4.74 Å². The van der Waals surface area contributed by atoms with E-state index in [0.29, 0.717) is 0 Å². The topological polar surface area (TPSA) is 9.23 Å². The molecule has 84 valence electrons. The van der Waals surface area contributed by atoms with Crippen LogP contribution < -0.4 is 4.74 Å². The Morgan fingerprint density at radius 1 is 1.07 bits per heavy atom. The molecule has 0 fully saturated rings. The first-order valence-electron chi connectivity index (χ1n) is 5.79. The summed E-state index contributed by atoms with van der Waals surface area (Å²) in [5.41, 5.74) is 2.54. The van der Waals surface area contributed by atoms with Crippen molar-refractivity contribution in [1.29, 1.82) is 0 Å². The molecule has 1 heteroatoms. The van der Waals surface area contributed by atoms with Crippen molar-refractivity contribution in [3.8, 4) is 5.75 Å². The maximum Gasteiger partial charge on any atom is 0.119 e. The minimum atomic E-state index is 0.771. The zero-order chi connectivity index (χ0) is 11.3. The average molecular weight is 206 g/mol. The van der Waals surface area contributed by atoms with Gasteiger partial charge in [-0.3, -0.25) is 0 Å². The summed E-state index contributed by atoms with van der Waals surface area (Å²) in [5.74, 6) is 1.78. The third-order valence-corrected chi connectivity index (χ3v) is 2.39. The van der Waals surface area contributed by atoms with Gasteiger partial charge in [0.15, 0.2) is 0 Å². The van der Waals surface area contributed by atoms with E-state index in [-0.39, 0.29) is 0 Å². The second kappa shape index (κ2) is 5.79. The summed E-state index contributed by atoms with van der Waals surface area (Å²) in [6, 6.07) is 6.37. The van der Waals surface area contributed by atoms with Gasteiger partial charge in [-0.2, -0.15) is 0 Å². The fourth-order valence-electron chi connectivity index (χ4n) is 1.70. The van der Waals surface area contributed by atoms with Crippen molar-refractivity contribution in [1.82, 2.24) is 0 Å². The number of hydrogen-bond acceptors (Lipinski definition) is 1. The molecule has 0 aliphatic heterocycles. The molecule has 1 nitrogen and oxygen atoms in total. The van der Waals surface area contributed by atoms with Gasteiger partial charge in [0.1, 0.15) is 5.75 Å². The lowest BCUT2D eigenvalue weighted by molar-refractivity contribution is 0.297. The Morgan fingerprint density at radius 2 is 1.67 bits per heavy atom. The molecule has 0 radical (unpaired) electrons. The number of ether oxygens (including phenoxy) is 1. The summed E-state index contributed by atoms with van der Waals surface area (Å²) in [6.45, 7) is 9.54. The van der Waals surface area contributed by atoms with Crippen LogP contribution in [0.5, 0.6) is 5.75 Å². The predicted molar refractivity (Wildman–Crippen MR) is 65.5 cm³/mol. The van der Waals surface area contributed by atoms with Crippen LogP contribution in [0.3, 0.4) is 0 Å². The standard InChI is InChI=1S/C14H22O/c1-11(2)6-5-7-15-14-9-12(3)8-13(4)10-14/h8-11H,5-7H2,1-4H3. The molecule has 0 atom stereocenters. The minimum absolute atomic E-state index is 0.771. The van der Waals surface area contributed by atoms with Crippen molar-refractivity contribution in [3.05, 3.63) is 29.3 Å². The lowest BCUT2D eigenvalue weighted by Gasteiger charge is -2.09. The maximum absolute atomic E-state index is 5.72. The van der Waals surface area contributed by atoms with E-state index in [2.05, 4.69) is 45.9 Å². The van der Waals surface area contributed by atoms with E-state index in [1.54, 1.807) is 0 Å². The highest BCUT2D eigenvalue weighted by molar-refractivity contribution is 5.32. The van der Waals surface area contributed by atoms with Gasteiger partial charge in [-0.25, -0.2) is 0 Å². The molecule has 0 bridgehead atoms. The van der Waals surface area contributed by atoms with Crippen molar-refractivity contribution in [2.45, 2.75) is 40.5 Å². The molecule has 0 aromatic heterocycles. The summed E-state index contributed by atoms with van der Waals surface area (Å²) in [6.07, 6.45) is 2.38. The van der Waals surface area contributed by atoms with Gasteiger partial charge in [-0.05, 0) is 55.9 Å². The smallest absolute Gasteiger partial charge is 0.119 e. The molecule has 1 aromatic carbocycles. The van der Waals surface area contributed by atoms with Crippen LogP contribution in [0, 0.1) is 19.8 Å². The number of rotatable bonds is 5. The number of aryl methyl sites for hydroxylation is 2. The van der Waals surface area contributed by atoms with Gasteiger partial charge in [0.25, 0.3) is 0 Å². The van der Waals surface area contributed by atoms with Crippen molar-refractivity contribution in [3.63, 3.8) is 0 Å². The van der Waals surface area contributed by atoms with Gasteiger partial charge in [0, 0.05) is 0 Å². The van der Waals surface area contributed by atoms with Crippen LogP contribution in [-0.4, -0.2) is 6.61 Å². The van der Waals surface area contributed by atoms with E-state index in [9.17, 15) is 0 Å². The molecule has 0 unspecified atom stereocenters. The number of benzene rings is 1. The van der Waals surface area contributed by atoms with Crippen molar-refractivity contribution in [2.24, 2.45) is 5.92 Å².